The molecule has 1 aromatic heterocycles. The van der Waals surface area contributed by atoms with E-state index in [2.05, 4.69) is 17.3 Å². The van der Waals surface area contributed by atoms with Crippen molar-refractivity contribution < 1.29 is 4.39 Å². The molecule has 1 N–H and O–H groups in total. The summed E-state index contributed by atoms with van der Waals surface area (Å²) in [4.78, 5) is 0. The van der Waals surface area contributed by atoms with Crippen LogP contribution in [0.25, 0.3) is 0 Å². The van der Waals surface area contributed by atoms with Crippen LogP contribution >= 0.6 is 0 Å². The SMILES string of the molecule is CCNCc1ccnn1Cc1cccc(F)c1. The first-order valence-electron chi connectivity index (χ1n) is 5.75. The fourth-order valence-corrected chi connectivity index (χ4v) is 1.71. The Bertz CT molecular complexity index is 479. The van der Waals surface area contributed by atoms with Crippen LogP contribution in [0, 0.1) is 5.82 Å². The maximum atomic E-state index is 13.1. The van der Waals surface area contributed by atoms with E-state index in [0.717, 1.165) is 24.3 Å². The molecular weight excluding hydrogens is 217 g/mol. The summed E-state index contributed by atoms with van der Waals surface area (Å²) in [7, 11) is 0. The topological polar surface area (TPSA) is 29.9 Å². The van der Waals surface area contributed by atoms with Gasteiger partial charge in [0.15, 0.2) is 0 Å². The van der Waals surface area contributed by atoms with Crippen LogP contribution in [0.1, 0.15) is 18.2 Å². The van der Waals surface area contributed by atoms with Crippen LogP contribution in [-0.4, -0.2) is 16.3 Å². The summed E-state index contributed by atoms with van der Waals surface area (Å²) in [6.07, 6.45) is 1.77. The number of aromatic nitrogens is 2. The van der Waals surface area contributed by atoms with Crippen LogP contribution in [0.2, 0.25) is 0 Å². The summed E-state index contributed by atoms with van der Waals surface area (Å²) in [5.41, 5.74) is 2.03. The van der Waals surface area contributed by atoms with Gasteiger partial charge in [-0.15, -0.1) is 0 Å². The summed E-state index contributed by atoms with van der Waals surface area (Å²) >= 11 is 0. The molecular formula is C13H16FN3. The molecule has 17 heavy (non-hydrogen) atoms. The smallest absolute Gasteiger partial charge is 0.123 e. The molecule has 0 saturated carbocycles. The summed E-state index contributed by atoms with van der Waals surface area (Å²) in [5.74, 6) is -0.206. The lowest BCUT2D eigenvalue weighted by Crippen LogP contribution is -2.16. The molecule has 0 bridgehead atoms. The van der Waals surface area contributed by atoms with Gasteiger partial charge in [-0.1, -0.05) is 19.1 Å². The van der Waals surface area contributed by atoms with E-state index >= 15 is 0 Å². The van der Waals surface area contributed by atoms with E-state index in [9.17, 15) is 4.39 Å². The number of rotatable bonds is 5. The third-order valence-corrected chi connectivity index (χ3v) is 2.58. The van der Waals surface area contributed by atoms with Crippen molar-refractivity contribution >= 4 is 0 Å². The summed E-state index contributed by atoms with van der Waals surface area (Å²) in [5, 5.41) is 7.50. The molecule has 0 fully saturated rings. The van der Waals surface area contributed by atoms with E-state index in [-0.39, 0.29) is 5.82 Å². The van der Waals surface area contributed by atoms with Gasteiger partial charge >= 0.3 is 0 Å². The second kappa shape index (κ2) is 5.59. The van der Waals surface area contributed by atoms with E-state index in [0.29, 0.717) is 6.54 Å². The summed E-state index contributed by atoms with van der Waals surface area (Å²) in [6, 6.07) is 8.59. The molecule has 3 nitrogen and oxygen atoms in total. The van der Waals surface area contributed by atoms with Gasteiger partial charge in [0.1, 0.15) is 5.82 Å². The lowest BCUT2D eigenvalue weighted by atomic mass is 10.2. The van der Waals surface area contributed by atoms with E-state index in [4.69, 9.17) is 0 Å². The van der Waals surface area contributed by atoms with Gasteiger partial charge in [0.05, 0.1) is 12.2 Å². The van der Waals surface area contributed by atoms with Gasteiger partial charge in [-0.2, -0.15) is 5.10 Å². The van der Waals surface area contributed by atoms with Crippen molar-refractivity contribution in [2.24, 2.45) is 0 Å². The van der Waals surface area contributed by atoms with Crippen LogP contribution in [0.15, 0.2) is 36.5 Å². The van der Waals surface area contributed by atoms with E-state index in [1.165, 1.54) is 6.07 Å². The first-order valence-corrected chi connectivity index (χ1v) is 5.75. The molecule has 2 rings (SSSR count). The maximum Gasteiger partial charge on any atom is 0.123 e. The van der Waals surface area contributed by atoms with Crippen LogP contribution < -0.4 is 5.32 Å². The molecule has 0 radical (unpaired) electrons. The molecule has 0 unspecified atom stereocenters. The number of benzene rings is 1. The number of nitrogens with zero attached hydrogens (tertiary/aromatic N) is 2. The van der Waals surface area contributed by atoms with Crippen molar-refractivity contribution in [2.45, 2.75) is 20.0 Å². The van der Waals surface area contributed by atoms with E-state index in [1.807, 2.05) is 16.8 Å². The Morgan fingerprint density at radius 1 is 1.35 bits per heavy atom. The van der Waals surface area contributed by atoms with Gasteiger partial charge in [0.2, 0.25) is 0 Å². The zero-order chi connectivity index (χ0) is 12.1. The van der Waals surface area contributed by atoms with Gasteiger partial charge in [-0.25, -0.2) is 4.39 Å². The summed E-state index contributed by atoms with van der Waals surface area (Å²) < 4.78 is 14.9. The second-order valence-corrected chi connectivity index (χ2v) is 3.89. The van der Waals surface area contributed by atoms with Crippen molar-refractivity contribution in [3.05, 3.63) is 53.6 Å². The first-order chi connectivity index (χ1) is 8.29. The number of nitrogens with one attached hydrogen (secondary N) is 1. The van der Waals surface area contributed by atoms with Gasteiger partial charge in [-0.05, 0) is 30.3 Å². The van der Waals surface area contributed by atoms with Gasteiger partial charge in [0, 0.05) is 12.7 Å². The molecule has 2 aromatic rings. The quantitative estimate of drug-likeness (QED) is 0.857. The number of hydrogen-bond donors (Lipinski definition) is 1. The lowest BCUT2D eigenvalue weighted by molar-refractivity contribution is 0.596. The summed E-state index contributed by atoms with van der Waals surface area (Å²) in [6.45, 7) is 4.37. The van der Waals surface area contributed by atoms with E-state index in [1.54, 1.807) is 18.3 Å². The maximum absolute atomic E-state index is 13.1. The largest absolute Gasteiger partial charge is 0.311 e. The Labute approximate surface area is 100 Å². The third-order valence-electron chi connectivity index (χ3n) is 2.58. The van der Waals surface area contributed by atoms with Crippen molar-refractivity contribution in [3.63, 3.8) is 0 Å². The molecule has 90 valence electrons. The molecule has 0 amide bonds. The van der Waals surface area contributed by atoms with Crippen LogP contribution in [0.4, 0.5) is 4.39 Å². The Kier molecular flexibility index (Phi) is 3.88. The van der Waals surface area contributed by atoms with E-state index < -0.39 is 0 Å². The Morgan fingerprint density at radius 2 is 2.24 bits per heavy atom. The second-order valence-electron chi connectivity index (χ2n) is 3.89. The zero-order valence-electron chi connectivity index (χ0n) is 9.86. The van der Waals surface area contributed by atoms with Crippen molar-refractivity contribution in [3.8, 4) is 0 Å². The number of halogens is 1. The molecule has 1 heterocycles. The van der Waals surface area contributed by atoms with Crippen LogP contribution in [0.5, 0.6) is 0 Å². The average molecular weight is 233 g/mol. The highest BCUT2D eigenvalue weighted by Crippen LogP contribution is 2.07. The lowest BCUT2D eigenvalue weighted by Gasteiger charge is -2.08. The molecule has 0 aliphatic carbocycles. The predicted molar refractivity (Wildman–Crippen MR) is 65.1 cm³/mol. The molecule has 0 spiro atoms. The molecule has 0 saturated heterocycles. The highest BCUT2D eigenvalue weighted by molar-refractivity contribution is 5.17. The fraction of sp³-hybridized carbons (Fsp3) is 0.308. The molecule has 1 aromatic carbocycles. The minimum Gasteiger partial charge on any atom is -0.311 e. The molecule has 0 atom stereocenters. The van der Waals surface area contributed by atoms with Gasteiger partial charge in [0.25, 0.3) is 0 Å². The fourth-order valence-electron chi connectivity index (χ4n) is 1.71. The van der Waals surface area contributed by atoms with Crippen LogP contribution in [-0.2, 0) is 13.1 Å². The zero-order valence-corrected chi connectivity index (χ0v) is 9.86. The highest BCUT2D eigenvalue weighted by Gasteiger charge is 2.03. The normalized spacial score (nSPS) is 10.7. The highest BCUT2D eigenvalue weighted by atomic mass is 19.1. The Hall–Kier alpha value is -1.68. The minimum atomic E-state index is -0.206. The standard InChI is InChI=1S/C13H16FN3/c1-2-15-9-13-6-7-16-17(13)10-11-4-3-5-12(14)8-11/h3-8,15H,2,9-10H2,1H3. The van der Waals surface area contributed by atoms with Gasteiger partial charge < -0.3 is 5.32 Å². The van der Waals surface area contributed by atoms with Crippen molar-refractivity contribution in [1.82, 2.24) is 15.1 Å². The molecule has 0 aliphatic heterocycles. The van der Waals surface area contributed by atoms with Crippen molar-refractivity contribution in [1.29, 1.82) is 0 Å². The van der Waals surface area contributed by atoms with Crippen LogP contribution in [0.3, 0.4) is 0 Å². The van der Waals surface area contributed by atoms with Gasteiger partial charge in [-0.3, -0.25) is 4.68 Å². The minimum absolute atomic E-state index is 0.206. The monoisotopic (exact) mass is 233 g/mol. The predicted octanol–water partition coefficient (Wildman–Crippen LogP) is 2.18. The van der Waals surface area contributed by atoms with Crippen molar-refractivity contribution in [2.75, 3.05) is 6.54 Å². The molecule has 4 heteroatoms. The number of hydrogen-bond acceptors (Lipinski definition) is 2. The third kappa shape index (κ3) is 3.14. The first kappa shape index (κ1) is 11.8. The Morgan fingerprint density at radius 3 is 3.00 bits per heavy atom. The molecule has 0 aliphatic rings. The average Bonchev–Trinajstić information content (AvgIpc) is 2.74. The Balaban J connectivity index is 2.10.